The fourth-order valence-corrected chi connectivity index (χ4v) is 3.59. The first-order valence-electron chi connectivity index (χ1n) is 7.46. The van der Waals surface area contributed by atoms with Crippen molar-refractivity contribution in [3.8, 4) is 0 Å². The van der Waals surface area contributed by atoms with Crippen molar-refractivity contribution in [2.45, 2.75) is 25.4 Å². The molecule has 3 rings (SSSR count). The zero-order valence-electron chi connectivity index (χ0n) is 12.8. The SMILES string of the molecule is CS(=O)(=O)NC1CCN(C(=O)Cn2nc3ccccc3n2)CC1. The molecule has 1 fully saturated rings. The van der Waals surface area contributed by atoms with Crippen molar-refractivity contribution in [3.05, 3.63) is 24.3 Å². The van der Waals surface area contributed by atoms with Gasteiger partial charge in [0, 0.05) is 19.1 Å². The van der Waals surface area contributed by atoms with Crippen molar-refractivity contribution in [1.82, 2.24) is 24.6 Å². The maximum absolute atomic E-state index is 12.3. The first-order chi connectivity index (χ1) is 10.9. The molecule has 9 heteroatoms. The number of carbonyl (C=O) groups excluding carboxylic acids is 1. The zero-order chi connectivity index (χ0) is 16.4. The first kappa shape index (κ1) is 15.9. The Balaban J connectivity index is 1.57. The largest absolute Gasteiger partial charge is 0.341 e. The van der Waals surface area contributed by atoms with E-state index in [1.807, 2.05) is 24.3 Å². The highest BCUT2D eigenvalue weighted by molar-refractivity contribution is 7.88. The highest BCUT2D eigenvalue weighted by Crippen LogP contribution is 2.12. The molecule has 0 bridgehead atoms. The van der Waals surface area contributed by atoms with Crippen LogP contribution >= 0.6 is 0 Å². The van der Waals surface area contributed by atoms with Crippen molar-refractivity contribution in [2.75, 3.05) is 19.3 Å². The van der Waals surface area contributed by atoms with Gasteiger partial charge in [0.2, 0.25) is 15.9 Å². The molecule has 0 radical (unpaired) electrons. The van der Waals surface area contributed by atoms with E-state index in [4.69, 9.17) is 0 Å². The highest BCUT2D eigenvalue weighted by Gasteiger charge is 2.25. The second-order valence-electron chi connectivity index (χ2n) is 5.76. The van der Waals surface area contributed by atoms with Crippen molar-refractivity contribution in [2.24, 2.45) is 0 Å². The average Bonchev–Trinajstić information content (AvgIpc) is 2.88. The standard InChI is InChI=1S/C14H19N5O3S/c1-23(21,22)17-11-6-8-18(9-7-11)14(20)10-19-15-12-4-2-3-5-13(12)16-19/h2-5,11,17H,6-10H2,1H3. The Labute approximate surface area is 134 Å². The third-order valence-electron chi connectivity index (χ3n) is 3.83. The van der Waals surface area contributed by atoms with E-state index in [9.17, 15) is 13.2 Å². The molecule has 0 aliphatic carbocycles. The Bertz CT molecular complexity index is 776. The number of amides is 1. The fraction of sp³-hybridized carbons (Fsp3) is 0.500. The number of nitrogens with zero attached hydrogens (tertiary/aromatic N) is 4. The van der Waals surface area contributed by atoms with Gasteiger partial charge in [-0.15, -0.1) is 0 Å². The van der Waals surface area contributed by atoms with Crippen LogP contribution in [0.4, 0.5) is 0 Å². The Morgan fingerprint density at radius 2 is 1.78 bits per heavy atom. The van der Waals surface area contributed by atoms with Crippen LogP contribution in [0.3, 0.4) is 0 Å². The van der Waals surface area contributed by atoms with Crippen LogP contribution in [0.15, 0.2) is 24.3 Å². The second-order valence-corrected chi connectivity index (χ2v) is 7.54. The molecule has 1 amide bonds. The van der Waals surface area contributed by atoms with Gasteiger partial charge < -0.3 is 4.90 Å². The number of hydrogen-bond acceptors (Lipinski definition) is 5. The summed E-state index contributed by atoms with van der Waals surface area (Å²) < 4.78 is 25.0. The predicted molar refractivity (Wildman–Crippen MR) is 85.1 cm³/mol. The normalized spacial score (nSPS) is 16.8. The van der Waals surface area contributed by atoms with Gasteiger partial charge in [0.05, 0.1) is 6.26 Å². The summed E-state index contributed by atoms with van der Waals surface area (Å²) in [5.41, 5.74) is 1.52. The maximum atomic E-state index is 12.3. The smallest absolute Gasteiger partial charge is 0.246 e. The van der Waals surface area contributed by atoms with Crippen molar-refractivity contribution >= 4 is 27.0 Å². The minimum Gasteiger partial charge on any atom is -0.341 e. The highest BCUT2D eigenvalue weighted by atomic mass is 32.2. The van der Waals surface area contributed by atoms with Gasteiger partial charge in [-0.2, -0.15) is 15.0 Å². The summed E-state index contributed by atoms with van der Waals surface area (Å²) in [5.74, 6) is -0.0527. The van der Waals surface area contributed by atoms with Gasteiger partial charge in [-0.3, -0.25) is 4.79 Å². The lowest BCUT2D eigenvalue weighted by molar-refractivity contribution is -0.133. The van der Waals surface area contributed by atoms with Gasteiger partial charge >= 0.3 is 0 Å². The number of nitrogens with one attached hydrogen (secondary N) is 1. The maximum Gasteiger partial charge on any atom is 0.246 e. The number of fused-ring (bicyclic) bond motifs is 1. The number of aromatic nitrogens is 3. The first-order valence-corrected chi connectivity index (χ1v) is 9.35. The third-order valence-corrected chi connectivity index (χ3v) is 4.59. The molecule has 0 atom stereocenters. The predicted octanol–water partition coefficient (Wildman–Crippen LogP) is -0.0285. The molecule has 0 spiro atoms. The van der Waals surface area contributed by atoms with E-state index < -0.39 is 10.0 Å². The monoisotopic (exact) mass is 337 g/mol. The topological polar surface area (TPSA) is 97.2 Å². The van der Waals surface area contributed by atoms with E-state index in [1.165, 1.54) is 4.80 Å². The number of sulfonamides is 1. The quantitative estimate of drug-likeness (QED) is 0.845. The molecule has 8 nitrogen and oxygen atoms in total. The van der Waals surface area contributed by atoms with Crippen LogP contribution in [-0.2, 0) is 21.4 Å². The molecule has 1 N–H and O–H groups in total. The Hall–Kier alpha value is -2.00. The summed E-state index contributed by atoms with van der Waals surface area (Å²) in [6.07, 6.45) is 2.39. The van der Waals surface area contributed by atoms with Gasteiger partial charge in [0.1, 0.15) is 17.6 Å². The van der Waals surface area contributed by atoms with Crippen LogP contribution in [-0.4, -0.2) is 59.6 Å². The van der Waals surface area contributed by atoms with Gasteiger partial charge in [-0.05, 0) is 25.0 Å². The molecule has 23 heavy (non-hydrogen) atoms. The molecular formula is C14H19N5O3S. The molecule has 0 unspecified atom stereocenters. The van der Waals surface area contributed by atoms with E-state index in [0.29, 0.717) is 25.9 Å². The molecule has 1 aliphatic rings. The van der Waals surface area contributed by atoms with Crippen molar-refractivity contribution in [1.29, 1.82) is 0 Å². The molecule has 1 aromatic carbocycles. The number of likely N-dealkylation sites (tertiary alicyclic amines) is 1. The summed E-state index contributed by atoms with van der Waals surface area (Å²) in [5, 5.41) is 8.55. The number of hydrogen-bond donors (Lipinski definition) is 1. The van der Waals surface area contributed by atoms with Crippen LogP contribution in [0.2, 0.25) is 0 Å². The van der Waals surface area contributed by atoms with E-state index in [2.05, 4.69) is 14.9 Å². The number of benzene rings is 1. The summed E-state index contributed by atoms with van der Waals surface area (Å²) in [6.45, 7) is 1.17. The zero-order valence-corrected chi connectivity index (χ0v) is 13.7. The van der Waals surface area contributed by atoms with Crippen molar-refractivity contribution in [3.63, 3.8) is 0 Å². The molecular weight excluding hydrogens is 318 g/mol. The van der Waals surface area contributed by atoms with Gasteiger partial charge in [-0.1, -0.05) is 12.1 Å². The van der Waals surface area contributed by atoms with Crippen LogP contribution in [0, 0.1) is 0 Å². The fourth-order valence-electron chi connectivity index (χ4n) is 2.75. The second kappa shape index (κ2) is 6.25. The van der Waals surface area contributed by atoms with E-state index in [-0.39, 0.29) is 18.5 Å². The lowest BCUT2D eigenvalue weighted by Gasteiger charge is -2.31. The van der Waals surface area contributed by atoms with E-state index >= 15 is 0 Å². The molecule has 124 valence electrons. The lowest BCUT2D eigenvalue weighted by Crippen LogP contribution is -2.47. The molecule has 2 aromatic rings. The minimum atomic E-state index is -3.20. The van der Waals surface area contributed by atoms with Gasteiger partial charge in [0.15, 0.2) is 0 Å². The van der Waals surface area contributed by atoms with Crippen LogP contribution < -0.4 is 4.72 Å². The van der Waals surface area contributed by atoms with Crippen molar-refractivity contribution < 1.29 is 13.2 Å². The average molecular weight is 337 g/mol. The van der Waals surface area contributed by atoms with Crippen LogP contribution in [0.1, 0.15) is 12.8 Å². The number of carbonyl (C=O) groups is 1. The van der Waals surface area contributed by atoms with Crippen LogP contribution in [0.25, 0.3) is 11.0 Å². The molecule has 1 aromatic heterocycles. The minimum absolute atomic E-state index is 0.0527. The summed E-state index contributed by atoms with van der Waals surface area (Å²) >= 11 is 0. The molecule has 2 heterocycles. The van der Waals surface area contributed by atoms with Gasteiger partial charge in [0.25, 0.3) is 0 Å². The summed E-state index contributed by atoms with van der Waals surface area (Å²) in [4.78, 5) is 15.5. The number of rotatable bonds is 4. The van der Waals surface area contributed by atoms with E-state index in [0.717, 1.165) is 17.3 Å². The Morgan fingerprint density at radius 3 is 2.30 bits per heavy atom. The Kier molecular flexibility index (Phi) is 4.31. The Morgan fingerprint density at radius 1 is 1.22 bits per heavy atom. The van der Waals surface area contributed by atoms with E-state index in [1.54, 1.807) is 4.90 Å². The lowest BCUT2D eigenvalue weighted by atomic mass is 10.1. The summed E-state index contributed by atoms with van der Waals surface area (Å²) in [7, 11) is -3.20. The summed E-state index contributed by atoms with van der Waals surface area (Å²) in [6, 6.07) is 7.36. The number of piperidine rings is 1. The van der Waals surface area contributed by atoms with Gasteiger partial charge in [-0.25, -0.2) is 13.1 Å². The molecule has 0 saturated carbocycles. The molecule has 1 aliphatic heterocycles. The molecule has 1 saturated heterocycles. The van der Waals surface area contributed by atoms with Crippen LogP contribution in [0.5, 0.6) is 0 Å². The third kappa shape index (κ3) is 4.05.